The summed E-state index contributed by atoms with van der Waals surface area (Å²) in [5, 5.41) is 9.13. The first-order valence-electron chi connectivity index (χ1n) is 8.38. The molecule has 134 valence electrons. The van der Waals surface area contributed by atoms with E-state index >= 15 is 0 Å². The molecule has 6 heteroatoms. The van der Waals surface area contributed by atoms with Crippen molar-refractivity contribution in [2.45, 2.75) is 39.7 Å². The van der Waals surface area contributed by atoms with Crippen LogP contribution in [0.2, 0.25) is 0 Å². The molecule has 1 aliphatic heterocycles. The van der Waals surface area contributed by atoms with Crippen LogP contribution >= 0.6 is 12.4 Å². The molecule has 2 atom stereocenters. The van der Waals surface area contributed by atoms with Gasteiger partial charge >= 0.3 is 0 Å². The second kappa shape index (κ2) is 10.3. The molecule has 5 nitrogen and oxygen atoms in total. The Kier molecular flexibility index (Phi) is 8.79. The highest BCUT2D eigenvalue weighted by atomic mass is 35.5. The highest BCUT2D eigenvalue weighted by Gasteiger charge is 2.21. The molecule has 0 radical (unpaired) electrons. The standard InChI is InChI=1S/C18H27N3O2.ClH/c1-13(16-6-4-8-19-12-16)9-18(23)20-11-15-5-3-7-17(10-15)21-14(2)22;/h3,5,7,10,13,16,19H,4,6,8-9,11-12H2,1-2H3,(H,20,23)(H,21,22);1H. The number of carbonyl (C=O) groups excluding carboxylic acids is 2. The predicted octanol–water partition coefficient (Wildman–Crippen LogP) is 2.71. The molecule has 1 saturated heterocycles. The van der Waals surface area contributed by atoms with Gasteiger partial charge in [-0.1, -0.05) is 19.1 Å². The predicted molar refractivity (Wildman–Crippen MR) is 99.2 cm³/mol. The third-order valence-corrected chi connectivity index (χ3v) is 4.38. The number of hydrogen-bond donors (Lipinski definition) is 3. The van der Waals surface area contributed by atoms with Crippen LogP contribution in [-0.2, 0) is 16.1 Å². The fraction of sp³-hybridized carbons (Fsp3) is 0.556. The molecule has 0 aromatic heterocycles. The van der Waals surface area contributed by atoms with E-state index in [-0.39, 0.29) is 24.2 Å². The van der Waals surface area contributed by atoms with Crippen LogP contribution in [0.1, 0.15) is 38.7 Å². The van der Waals surface area contributed by atoms with Crippen LogP contribution in [0.25, 0.3) is 0 Å². The van der Waals surface area contributed by atoms with Crippen LogP contribution in [0, 0.1) is 11.8 Å². The molecule has 2 unspecified atom stereocenters. The van der Waals surface area contributed by atoms with Crippen LogP contribution in [-0.4, -0.2) is 24.9 Å². The molecule has 2 rings (SSSR count). The molecule has 2 amide bonds. The van der Waals surface area contributed by atoms with Gasteiger partial charge in [0.05, 0.1) is 0 Å². The lowest BCUT2D eigenvalue weighted by Crippen LogP contribution is -2.35. The third-order valence-electron chi connectivity index (χ3n) is 4.38. The van der Waals surface area contributed by atoms with Crippen molar-refractivity contribution in [3.8, 4) is 0 Å². The van der Waals surface area contributed by atoms with Gasteiger partial charge in [0.2, 0.25) is 11.8 Å². The van der Waals surface area contributed by atoms with Crippen molar-refractivity contribution in [3.05, 3.63) is 29.8 Å². The van der Waals surface area contributed by atoms with Crippen LogP contribution in [0.5, 0.6) is 0 Å². The van der Waals surface area contributed by atoms with Crippen molar-refractivity contribution in [2.24, 2.45) is 11.8 Å². The number of carbonyl (C=O) groups is 2. The maximum atomic E-state index is 12.1. The average molecular weight is 354 g/mol. The van der Waals surface area contributed by atoms with Gasteiger partial charge < -0.3 is 16.0 Å². The van der Waals surface area contributed by atoms with Gasteiger partial charge in [0.15, 0.2) is 0 Å². The highest BCUT2D eigenvalue weighted by molar-refractivity contribution is 5.88. The van der Waals surface area contributed by atoms with E-state index in [1.165, 1.54) is 19.8 Å². The zero-order valence-electron chi connectivity index (χ0n) is 14.4. The molecule has 3 N–H and O–H groups in total. The Bertz CT molecular complexity index is 545. The lowest BCUT2D eigenvalue weighted by atomic mass is 9.85. The largest absolute Gasteiger partial charge is 0.352 e. The molecule has 0 aliphatic carbocycles. The van der Waals surface area contributed by atoms with Gasteiger partial charge in [-0.3, -0.25) is 9.59 Å². The van der Waals surface area contributed by atoms with Gasteiger partial charge in [-0.25, -0.2) is 0 Å². The maximum Gasteiger partial charge on any atom is 0.221 e. The molecule has 1 aromatic carbocycles. The molecule has 1 fully saturated rings. The quantitative estimate of drug-likeness (QED) is 0.736. The van der Waals surface area contributed by atoms with E-state index in [4.69, 9.17) is 0 Å². The SMILES string of the molecule is CC(=O)Nc1cccc(CNC(=O)CC(C)C2CCCNC2)c1.Cl. The Morgan fingerprint density at radius 3 is 2.83 bits per heavy atom. The zero-order valence-corrected chi connectivity index (χ0v) is 15.2. The molecule has 1 aliphatic rings. The number of rotatable bonds is 6. The van der Waals surface area contributed by atoms with E-state index in [2.05, 4.69) is 22.9 Å². The van der Waals surface area contributed by atoms with Crippen LogP contribution in [0.3, 0.4) is 0 Å². The minimum absolute atomic E-state index is 0. The van der Waals surface area contributed by atoms with E-state index in [9.17, 15) is 9.59 Å². The first kappa shape index (κ1) is 20.5. The summed E-state index contributed by atoms with van der Waals surface area (Å²) in [6.07, 6.45) is 2.98. The van der Waals surface area contributed by atoms with E-state index in [0.717, 1.165) is 24.3 Å². The normalized spacial score (nSPS) is 18.2. The highest BCUT2D eigenvalue weighted by Crippen LogP contribution is 2.22. The van der Waals surface area contributed by atoms with Crippen LogP contribution in [0.4, 0.5) is 5.69 Å². The fourth-order valence-electron chi connectivity index (χ4n) is 3.06. The Labute approximate surface area is 150 Å². The third kappa shape index (κ3) is 6.89. The lowest BCUT2D eigenvalue weighted by Gasteiger charge is -2.28. The molecule has 1 heterocycles. The van der Waals surface area contributed by atoms with Crippen molar-refractivity contribution in [1.82, 2.24) is 10.6 Å². The number of piperidine rings is 1. The Balaban J connectivity index is 0.00000288. The summed E-state index contributed by atoms with van der Waals surface area (Å²) < 4.78 is 0. The van der Waals surface area contributed by atoms with Gasteiger partial charge in [0.1, 0.15) is 0 Å². The molecule has 0 bridgehead atoms. The van der Waals surface area contributed by atoms with Crippen molar-refractivity contribution >= 4 is 29.9 Å². The first-order valence-corrected chi connectivity index (χ1v) is 8.38. The van der Waals surface area contributed by atoms with Gasteiger partial charge in [-0.2, -0.15) is 0 Å². The van der Waals surface area contributed by atoms with Crippen molar-refractivity contribution in [1.29, 1.82) is 0 Å². The van der Waals surface area contributed by atoms with E-state index < -0.39 is 0 Å². The average Bonchev–Trinajstić information content (AvgIpc) is 2.53. The molecular formula is C18H28ClN3O2. The van der Waals surface area contributed by atoms with E-state index in [1.54, 1.807) is 0 Å². The summed E-state index contributed by atoms with van der Waals surface area (Å²) in [5.74, 6) is 0.986. The van der Waals surface area contributed by atoms with Gasteiger partial charge in [0, 0.05) is 25.6 Å². The van der Waals surface area contributed by atoms with Crippen molar-refractivity contribution in [2.75, 3.05) is 18.4 Å². The number of anilines is 1. The number of benzene rings is 1. The summed E-state index contributed by atoms with van der Waals surface area (Å²) in [6, 6.07) is 7.55. The number of hydrogen-bond acceptors (Lipinski definition) is 3. The van der Waals surface area contributed by atoms with Crippen LogP contribution < -0.4 is 16.0 Å². The first-order chi connectivity index (χ1) is 11.0. The Morgan fingerprint density at radius 2 is 2.17 bits per heavy atom. The molecule has 0 spiro atoms. The van der Waals surface area contributed by atoms with Crippen LogP contribution in [0.15, 0.2) is 24.3 Å². The minimum Gasteiger partial charge on any atom is -0.352 e. The number of nitrogens with one attached hydrogen (secondary N) is 3. The summed E-state index contributed by atoms with van der Waals surface area (Å²) in [5.41, 5.74) is 1.74. The molecular weight excluding hydrogens is 326 g/mol. The van der Waals surface area contributed by atoms with Gasteiger partial charge in [0.25, 0.3) is 0 Å². The molecule has 0 saturated carbocycles. The topological polar surface area (TPSA) is 70.2 Å². The summed E-state index contributed by atoms with van der Waals surface area (Å²) >= 11 is 0. The lowest BCUT2D eigenvalue weighted by molar-refractivity contribution is -0.122. The Morgan fingerprint density at radius 1 is 1.38 bits per heavy atom. The Hall–Kier alpha value is -1.59. The van der Waals surface area contributed by atoms with Gasteiger partial charge in [-0.15, -0.1) is 12.4 Å². The smallest absolute Gasteiger partial charge is 0.221 e. The van der Waals surface area contributed by atoms with Crippen molar-refractivity contribution < 1.29 is 9.59 Å². The molecule has 24 heavy (non-hydrogen) atoms. The summed E-state index contributed by atoms with van der Waals surface area (Å²) in [6.45, 7) is 6.25. The fourth-order valence-corrected chi connectivity index (χ4v) is 3.06. The number of halogens is 1. The van der Waals surface area contributed by atoms with Gasteiger partial charge in [-0.05, 0) is 55.5 Å². The summed E-state index contributed by atoms with van der Waals surface area (Å²) in [4.78, 5) is 23.2. The summed E-state index contributed by atoms with van der Waals surface area (Å²) in [7, 11) is 0. The van der Waals surface area contributed by atoms with Crippen molar-refractivity contribution in [3.63, 3.8) is 0 Å². The second-order valence-electron chi connectivity index (χ2n) is 6.45. The number of amides is 2. The van der Waals surface area contributed by atoms with E-state index in [0.29, 0.717) is 24.8 Å². The maximum absolute atomic E-state index is 12.1. The van der Waals surface area contributed by atoms with E-state index in [1.807, 2.05) is 24.3 Å². The molecule has 1 aromatic rings. The minimum atomic E-state index is -0.0962. The monoisotopic (exact) mass is 353 g/mol. The zero-order chi connectivity index (χ0) is 16.7. The second-order valence-corrected chi connectivity index (χ2v) is 6.45.